The monoisotopic (exact) mass is 890 g/mol. The van der Waals surface area contributed by atoms with Crippen LogP contribution < -0.4 is 0 Å². The third-order valence-electron chi connectivity index (χ3n) is 12.5. The second kappa shape index (κ2) is 56.2. The Morgan fingerprint density at radius 1 is 0.344 bits per heavy atom. The van der Waals surface area contributed by atoms with Gasteiger partial charge in [-0.25, -0.2) is 4.57 Å². The summed E-state index contributed by atoms with van der Waals surface area (Å²) in [6, 6.07) is 0. The topological polar surface area (TPSA) is 90.2 Å². The molecule has 372 valence electrons. The Kier molecular flexibility index (Phi) is 60.1. The van der Waals surface area contributed by atoms with E-state index in [9.17, 15) is 0 Å². The van der Waals surface area contributed by atoms with Crippen LogP contribution in [0.4, 0.5) is 0 Å². The molecule has 0 rings (SSSR count). The van der Waals surface area contributed by atoms with Crippen molar-refractivity contribution in [2.24, 2.45) is 11.8 Å². The van der Waals surface area contributed by atoms with E-state index in [0.29, 0.717) is 0 Å². The van der Waals surface area contributed by atoms with E-state index in [-0.39, 0.29) is 0 Å². The number of hydrogen-bond acceptors (Lipinski definition) is 3. The highest BCUT2D eigenvalue weighted by Gasteiger charge is 2.13. The summed E-state index contributed by atoms with van der Waals surface area (Å²) < 4.78 is 15.5. The van der Waals surface area contributed by atoms with Gasteiger partial charge in [0.25, 0.3) is 0 Å². The Labute approximate surface area is 385 Å². The van der Waals surface area contributed by atoms with Crippen molar-refractivity contribution >= 4 is 7.82 Å². The van der Waals surface area contributed by atoms with Crippen LogP contribution in [0.25, 0.3) is 0 Å². The van der Waals surface area contributed by atoms with Gasteiger partial charge < -0.3 is 24.3 Å². The SMILES string of the molecule is CCCCCCCCCCC(CCCCCCCC)COCC(CCCCCCCC)CCCCCCCCCC.CCCCCCCCCCCCN(C)C.O=P(O)(O)O. The van der Waals surface area contributed by atoms with E-state index in [1.165, 1.54) is 276 Å². The van der Waals surface area contributed by atoms with Gasteiger partial charge in [-0.1, -0.05) is 272 Å². The number of phosphoric acid groups is 1. The van der Waals surface area contributed by atoms with Crippen molar-refractivity contribution in [3.05, 3.63) is 0 Å². The molecule has 0 amide bonds. The van der Waals surface area contributed by atoms with E-state index in [1.807, 2.05) is 0 Å². The van der Waals surface area contributed by atoms with E-state index < -0.39 is 7.82 Å². The number of rotatable bonds is 47. The van der Waals surface area contributed by atoms with Crippen LogP contribution in [0.5, 0.6) is 0 Å². The fourth-order valence-corrected chi connectivity index (χ4v) is 8.50. The first-order valence-corrected chi connectivity index (χ1v) is 29.1. The predicted octanol–water partition coefficient (Wildman–Crippen LogP) is 18.3. The predicted molar refractivity (Wildman–Crippen MR) is 273 cm³/mol. The average molecular weight is 890 g/mol. The van der Waals surface area contributed by atoms with Crippen molar-refractivity contribution in [1.29, 1.82) is 0 Å². The molecule has 0 bridgehead atoms. The summed E-state index contributed by atoms with van der Waals surface area (Å²) >= 11 is 0. The van der Waals surface area contributed by atoms with Crippen LogP contribution in [-0.4, -0.2) is 53.4 Å². The molecule has 0 radical (unpaired) electrons. The van der Waals surface area contributed by atoms with Crippen LogP contribution in [0.2, 0.25) is 0 Å². The first-order chi connectivity index (χ1) is 29.5. The minimum Gasteiger partial charge on any atom is -0.381 e. The minimum atomic E-state index is -4.64. The summed E-state index contributed by atoms with van der Waals surface area (Å²) in [4.78, 5) is 23.8. The average Bonchev–Trinajstić information content (AvgIpc) is 3.22. The van der Waals surface area contributed by atoms with E-state index in [2.05, 4.69) is 53.6 Å². The second-order valence-corrected chi connectivity index (χ2v) is 20.4. The summed E-state index contributed by atoms with van der Waals surface area (Å²) in [5.41, 5.74) is 0. The molecule has 0 saturated carbocycles. The number of hydrogen-bond donors (Lipinski definition) is 3. The molecule has 0 spiro atoms. The fourth-order valence-electron chi connectivity index (χ4n) is 8.50. The maximum Gasteiger partial charge on any atom is 0.466 e. The molecule has 2 unspecified atom stereocenters. The summed E-state index contributed by atoms with van der Waals surface area (Å²) in [5.74, 6) is 1.61. The van der Waals surface area contributed by atoms with Gasteiger partial charge in [-0.05, 0) is 64.6 Å². The summed E-state index contributed by atoms with van der Waals surface area (Å²) in [7, 11) is -0.318. The molecule has 0 aliphatic carbocycles. The molecule has 0 heterocycles. The molecular formula is C54H116NO5P. The Morgan fingerprint density at radius 3 is 0.721 bits per heavy atom. The van der Waals surface area contributed by atoms with Crippen LogP contribution >= 0.6 is 7.82 Å². The van der Waals surface area contributed by atoms with Crippen molar-refractivity contribution in [3.8, 4) is 0 Å². The highest BCUT2D eigenvalue weighted by atomic mass is 31.2. The molecular weight excluding hydrogens is 774 g/mol. The Bertz CT molecular complexity index is 760. The summed E-state index contributed by atoms with van der Waals surface area (Å²) in [6.45, 7) is 14.9. The highest BCUT2D eigenvalue weighted by Crippen LogP contribution is 2.26. The molecule has 0 aliphatic heterocycles. The molecule has 0 aromatic rings. The van der Waals surface area contributed by atoms with Gasteiger partial charge in [-0.15, -0.1) is 0 Å². The molecule has 0 saturated heterocycles. The third kappa shape index (κ3) is 69.2. The standard InChI is InChI=1S/C40H82O.C14H31N.H3O4P/c1-5-9-13-17-21-23-27-31-35-39(33-29-25-19-15-11-7-3)37-41-38-40(34-30-26-20-16-12-8-4)36-32-28-24-22-18-14-10-6-2;1-4-5-6-7-8-9-10-11-12-13-14-15(2)3;1-5(2,3)4/h39-40H,5-38H2,1-4H3;4-14H2,1-3H3;(H3,1,2,3,4). The van der Waals surface area contributed by atoms with E-state index >= 15 is 0 Å². The molecule has 3 N–H and O–H groups in total. The van der Waals surface area contributed by atoms with Crippen molar-refractivity contribution in [2.45, 2.75) is 304 Å². The van der Waals surface area contributed by atoms with Crippen molar-refractivity contribution in [1.82, 2.24) is 4.90 Å². The van der Waals surface area contributed by atoms with Crippen LogP contribution in [-0.2, 0) is 9.30 Å². The largest absolute Gasteiger partial charge is 0.466 e. The van der Waals surface area contributed by atoms with Crippen LogP contribution in [0.1, 0.15) is 304 Å². The lowest BCUT2D eigenvalue weighted by Crippen LogP contribution is -2.16. The van der Waals surface area contributed by atoms with E-state index in [1.54, 1.807) is 0 Å². The Hall–Kier alpha value is 0.0300. The normalized spacial score (nSPS) is 12.6. The Morgan fingerprint density at radius 2 is 0.525 bits per heavy atom. The van der Waals surface area contributed by atoms with Gasteiger partial charge in [0.2, 0.25) is 0 Å². The molecule has 7 heteroatoms. The smallest absolute Gasteiger partial charge is 0.381 e. The molecule has 2 atom stereocenters. The van der Waals surface area contributed by atoms with Gasteiger partial charge in [0.05, 0.1) is 0 Å². The third-order valence-corrected chi connectivity index (χ3v) is 12.5. The minimum absolute atomic E-state index is 0.805. The van der Waals surface area contributed by atoms with Gasteiger partial charge in [0.15, 0.2) is 0 Å². The summed E-state index contributed by atoms with van der Waals surface area (Å²) in [5, 5.41) is 0. The molecule has 6 nitrogen and oxygen atoms in total. The maximum absolute atomic E-state index is 8.88. The molecule has 0 fully saturated rings. The lowest BCUT2D eigenvalue weighted by molar-refractivity contribution is 0.0587. The lowest BCUT2D eigenvalue weighted by Gasteiger charge is -2.21. The van der Waals surface area contributed by atoms with Gasteiger partial charge in [-0.2, -0.15) is 0 Å². The van der Waals surface area contributed by atoms with Crippen molar-refractivity contribution < 1.29 is 24.0 Å². The van der Waals surface area contributed by atoms with Crippen LogP contribution in [0.3, 0.4) is 0 Å². The Balaban J connectivity index is -0.00000138. The summed E-state index contributed by atoms with van der Waals surface area (Å²) in [6.07, 6.45) is 60.0. The first-order valence-electron chi connectivity index (χ1n) is 27.6. The molecule has 0 aromatic heterocycles. The quantitative estimate of drug-likeness (QED) is 0.0417. The molecule has 61 heavy (non-hydrogen) atoms. The zero-order chi connectivity index (χ0) is 45.8. The van der Waals surface area contributed by atoms with Gasteiger partial charge >= 0.3 is 7.82 Å². The van der Waals surface area contributed by atoms with Gasteiger partial charge in [0, 0.05) is 13.2 Å². The van der Waals surface area contributed by atoms with Crippen molar-refractivity contribution in [2.75, 3.05) is 33.9 Å². The van der Waals surface area contributed by atoms with Gasteiger partial charge in [-0.3, -0.25) is 0 Å². The van der Waals surface area contributed by atoms with Crippen molar-refractivity contribution in [3.63, 3.8) is 0 Å². The maximum atomic E-state index is 8.88. The lowest BCUT2D eigenvalue weighted by atomic mass is 9.93. The molecule has 0 aromatic carbocycles. The zero-order valence-electron chi connectivity index (χ0n) is 43.0. The fraction of sp³-hybridized carbons (Fsp3) is 1.00. The zero-order valence-corrected chi connectivity index (χ0v) is 43.9. The van der Waals surface area contributed by atoms with Gasteiger partial charge in [0.1, 0.15) is 0 Å². The highest BCUT2D eigenvalue weighted by molar-refractivity contribution is 7.45. The van der Waals surface area contributed by atoms with Crippen LogP contribution in [0, 0.1) is 11.8 Å². The molecule has 0 aliphatic rings. The first kappa shape index (κ1) is 65.3. The number of nitrogens with zero attached hydrogens (tertiary/aromatic N) is 1. The van der Waals surface area contributed by atoms with Crippen LogP contribution in [0.15, 0.2) is 0 Å². The van der Waals surface area contributed by atoms with E-state index in [4.69, 9.17) is 24.0 Å². The second-order valence-electron chi connectivity index (χ2n) is 19.4. The number of unbranched alkanes of at least 4 members (excludes halogenated alkanes) is 33. The van der Waals surface area contributed by atoms with E-state index in [0.717, 1.165) is 25.0 Å². The number of ether oxygens (including phenoxy) is 1.